The van der Waals surface area contributed by atoms with Crippen LogP contribution in [-0.4, -0.2) is 0 Å². The molecule has 0 amide bonds. The third-order valence-corrected chi connectivity index (χ3v) is 5.37. The van der Waals surface area contributed by atoms with Gasteiger partial charge in [0.15, 0.2) is 0 Å². The molecule has 5 rings (SSSR count). The summed E-state index contributed by atoms with van der Waals surface area (Å²) in [6, 6.07) is 9.60. The minimum absolute atomic E-state index is 1.17. The second-order valence-electron chi connectivity index (χ2n) is 6.36. The fourth-order valence-electron chi connectivity index (χ4n) is 4.55. The summed E-state index contributed by atoms with van der Waals surface area (Å²) in [4.78, 5) is 0. The summed E-state index contributed by atoms with van der Waals surface area (Å²) in [5.74, 6) is 0. The molecule has 0 heteroatoms. The van der Waals surface area contributed by atoms with E-state index in [1.54, 1.807) is 44.5 Å². The molecule has 0 spiro atoms. The van der Waals surface area contributed by atoms with E-state index in [4.69, 9.17) is 0 Å². The lowest BCUT2D eigenvalue weighted by Gasteiger charge is -2.12. The van der Waals surface area contributed by atoms with Crippen LogP contribution in [0.2, 0.25) is 0 Å². The zero-order valence-corrected chi connectivity index (χ0v) is 11.3. The van der Waals surface area contributed by atoms with Gasteiger partial charge >= 0.3 is 0 Å². The zero-order valence-electron chi connectivity index (χ0n) is 11.3. The molecule has 0 atom stereocenters. The molecular weight excluding hydrogens is 228 g/mol. The van der Waals surface area contributed by atoms with E-state index in [1.165, 1.54) is 44.9 Å². The van der Waals surface area contributed by atoms with Crippen molar-refractivity contribution in [2.24, 2.45) is 0 Å². The van der Waals surface area contributed by atoms with Crippen molar-refractivity contribution in [3.8, 4) is 11.1 Å². The summed E-state index contributed by atoms with van der Waals surface area (Å²) in [6.45, 7) is 0. The van der Waals surface area contributed by atoms with E-state index >= 15 is 0 Å². The molecule has 0 saturated heterocycles. The summed E-state index contributed by atoms with van der Waals surface area (Å²) >= 11 is 0. The predicted molar refractivity (Wildman–Crippen MR) is 78.7 cm³/mol. The number of hydrogen-bond donors (Lipinski definition) is 0. The summed E-state index contributed by atoms with van der Waals surface area (Å²) < 4.78 is 0. The van der Waals surface area contributed by atoms with E-state index in [2.05, 4.69) is 24.3 Å². The topological polar surface area (TPSA) is 0 Å². The minimum atomic E-state index is 1.17. The van der Waals surface area contributed by atoms with Crippen LogP contribution in [0, 0.1) is 0 Å². The average Bonchev–Trinajstić information content (AvgIpc) is 3.13. The molecule has 0 nitrogen and oxygen atoms in total. The lowest BCUT2D eigenvalue weighted by Crippen LogP contribution is -1.93. The van der Waals surface area contributed by atoms with Crippen molar-refractivity contribution >= 4 is 0 Å². The quantitative estimate of drug-likeness (QED) is 0.556. The van der Waals surface area contributed by atoms with Crippen molar-refractivity contribution < 1.29 is 0 Å². The molecule has 0 aromatic heterocycles. The first kappa shape index (κ1) is 10.3. The molecule has 94 valence electrons. The van der Waals surface area contributed by atoms with Gasteiger partial charge in [-0.15, -0.1) is 0 Å². The van der Waals surface area contributed by atoms with Crippen LogP contribution in [0.15, 0.2) is 24.3 Å². The molecule has 0 bridgehead atoms. The van der Waals surface area contributed by atoms with Gasteiger partial charge in [0.1, 0.15) is 0 Å². The van der Waals surface area contributed by atoms with Crippen LogP contribution in [-0.2, 0) is 32.1 Å². The Kier molecular flexibility index (Phi) is 1.89. The van der Waals surface area contributed by atoms with Crippen molar-refractivity contribution in [3.63, 3.8) is 0 Å². The summed E-state index contributed by atoms with van der Waals surface area (Å²) in [5, 5.41) is 0. The lowest BCUT2D eigenvalue weighted by molar-refractivity contribution is 0.909. The molecule has 3 aliphatic carbocycles. The van der Waals surface area contributed by atoms with Gasteiger partial charge in [-0.25, -0.2) is 0 Å². The van der Waals surface area contributed by atoms with E-state index in [0.717, 1.165) is 0 Å². The second-order valence-corrected chi connectivity index (χ2v) is 6.36. The molecule has 2 aromatic carbocycles. The highest BCUT2D eigenvalue weighted by Crippen LogP contribution is 2.46. The zero-order chi connectivity index (χ0) is 12.4. The molecule has 0 radical (unpaired) electrons. The van der Waals surface area contributed by atoms with Gasteiger partial charge in [-0.1, -0.05) is 24.3 Å². The average molecular weight is 246 g/mol. The van der Waals surface area contributed by atoms with E-state index in [0.29, 0.717) is 0 Å². The number of benzene rings is 2. The van der Waals surface area contributed by atoms with Crippen molar-refractivity contribution in [2.45, 2.75) is 44.9 Å². The van der Waals surface area contributed by atoms with E-state index < -0.39 is 0 Å². The van der Waals surface area contributed by atoms with Gasteiger partial charge in [0.05, 0.1) is 0 Å². The molecule has 19 heavy (non-hydrogen) atoms. The van der Waals surface area contributed by atoms with Gasteiger partial charge in [0, 0.05) is 0 Å². The largest absolute Gasteiger partial charge is 0.0584 e. The van der Waals surface area contributed by atoms with Crippen LogP contribution in [0.3, 0.4) is 0 Å². The molecule has 0 N–H and O–H groups in total. The van der Waals surface area contributed by atoms with Crippen molar-refractivity contribution in [1.29, 1.82) is 0 Å². The number of rotatable bonds is 0. The fourth-order valence-corrected chi connectivity index (χ4v) is 4.55. The third-order valence-electron chi connectivity index (χ3n) is 5.37. The monoisotopic (exact) mass is 246 g/mol. The fraction of sp³-hybridized carbons (Fsp3) is 0.368. The third kappa shape index (κ3) is 1.25. The number of fused-ring (bicyclic) bond motifs is 7. The Balaban J connectivity index is 1.87. The number of hydrogen-bond acceptors (Lipinski definition) is 0. The molecule has 2 aromatic rings. The first-order valence-corrected chi connectivity index (χ1v) is 7.69. The van der Waals surface area contributed by atoms with Crippen LogP contribution in [0.25, 0.3) is 11.1 Å². The van der Waals surface area contributed by atoms with Crippen molar-refractivity contribution in [3.05, 3.63) is 57.6 Å². The number of aryl methyl sites for hydroxylation is 2. The highest BCUT2D eigenvalue weighted by atomic mass is 14.3. The van der Waals surface area contributed by atoms with Crippen LogP contribution in [0.4, 0.5) is 0 Å². The summed E-state index contributed by atoms with van der Waals surface area (Å²) in [6.07, 6.45) is 9.10. The highest BCUT2D eigenvalue weighted by Gasteiger charge is 2.29. The molecular formula is C19H18. The Hall–Kier alpha value is -1.56. The molecule has 0 saturated carbocycles. The Morgan fingerprint density at radius 2 is 1.00 bits per heavy atom. The summed E-state index contributed by atoms with van der Waals surface area (Å²) in [5.41, 5.74) is 13.1. The maximum absolute atomic E-state index is 2.40. The molecule has 0 fully saturated rings. The SMILES string of the molecule is c1cc2c(c3c1CCC3)-c1c(ccc3c1CCC3)C2. The van der Waals surface area contributed by atoms with E-state index in [-0.39, 0.29) is 0 Å². The van der Waals surface area contributed by atoms with Crippen LogP contribution in [0.5, 0.6) is 0 Å². The highest BCUT2D eigenvalue weighted by molar-refractivity contribution is 5.84. The molecule has 0 aliphatic heterocycles. The van der Waals surface area contributed by atoms with Gasteiger partial charge in [-0.3, -0.25) is 0 Å². The van der Waals surface area contributed by atoms with E-state index in [9.17, 15) is 0 Å². The molecule has 3 aliphatic rings. The van der Waals surface area contributed by atoms with Gasteiger partial charge < -0.3 is 0 Å². The maximum atomic E-state index is 2.40. The van der Waals surface area contributed by atoms with Crippen LogP contribution < -0.4 is 0 Å². The Morgan fingerprint density at radius 3 is 1.53 bits per heavy atom. The summed E-state index contributed by atoms with van der Waals surface area (Å²) in [7, 11) is 0. The smallest absolute Gasteiger partial charge is 0.00132 e. The Bertz CT molecular complexity index is 645. The van der Waals surface area contributed by atoms with Crippen LogP contribution in [0.1, 0.15) is 46.2 Å². The van der Waals surface area contributed by atoms with Crippen molar-refractivity contribution in [1.82, 2.24) is 0 Å². The van der Waals surface area contributed by atoms with Gasteiger partial charge in [0.25, 0.3) is 0 Å². The second kappa shape index (κ2) is 3.50. The lowest BCUT2D eigenvalue weighted by atomic mass is 9.92. The first-order valence-electron chi connectivity index (χ1n) is 7.69. The Labute approximate surface area is 114 Å². The normalized spacial score (nSPS) is 18.1. The first-order chi connectivity index (χ1) is 9.42. The van der Waals surface area contributed by atoms with E-state index in [1.807, 2.05) is 0 Å². The Morgan fingerprint density at radius 1 is 0.526 bits per heavy atom. The molecule has 0 heterocycles. The maximum Gasteiger partial charge on any atom is -0.00132 e. The van der Waals surface area contributed by atoms with Gasteiger partial charge in [-0.05, 0) is 89.5 Å². The molecule has 0 unspecified atom stereocenters. The van der Waals surface area contributed by atoms with Crippen LogP contribution >= 0.6 is 0 Å². The predicted octanol–water partition coefficient (Wildman–Crippen LogP) is 4.24. The van der Waals surface area contributed by atoms with Gasteiger partial charge in [0.2, 0.25) is 0 Å². The van der Waals surface area contributed by atoms with Crippen molar-refractivity contribution in [2.75, 3.05) is 0 Å². The minimum Gasteiger partial charge on any atom is -0.0584 e. The standard InChI is InChI=1S/C19H18/c1-3-12-7-9-14-11-15-10-8-13-4-2-6-17(13)19(15)18(14)16(12)5-1/h7-10H,1-6,11H2. The van der Waals surface area contributed by atoms with Gasteiger partial charge in [-0.2, -0.15) is 0 Å².